The van der Waals surface area contributed by atoms with E-state index in [9.17, 15) is 14.4 Å². The van der Waals surface area contributed by atoms with Crippen LogP contribution in [-0.4, -0.2) is 65.2 Å². The van der Waals surface area contributed by atoms with Crippen LogP contribution in [0.15, 0.2) is 0 Å². The number of aliphatic carboxylic acids is 1. The summed E-state index contributed by atoms with van der Waals surface area (Å²) in [6, 6.07) is -0.749. The van der Waals surface area contributed by atoms with Crippen molar-refractivity contribution in [2.75, 3.05) is 26.2 Å². The van der Waals surface area contributed by atoms with Gasteiger partial charge in [0.05, 0.1) is 6.54 Å². The van der Waals surface area contributed by atoms with E-state index in [4.69, 9.17) is 9.84 Å². The zero-order valence-electron chi connectivity index (χ0n) is 9.29. The molecule has 2 amide bonds. The second-order valence-corrected chi connectivity index (χ2v) is 4.12. The summed E-state index contributed by atoms with van der Waals surface area (Å²) in [6.45, 7) is 1.02. The molecule has 7 nitrogen and oxygen atoms in total. The number of carbonyl (C=O) groups excluding carboxylic acids is 2. The van der Waals surface area contributed by atoms with Gasteiger partial charge in [0.1, 0.15) is 19.2 Å². The van der Waals surface area contributed by atoms with E-state index in [0.717, 1.165) is 0 Å². The highest BCUT2D eigenvalue weighted by molar-refractivity contribution is 5.87. The molecule has 2 aliphatic rings. The van der Waals surface area contributed by atoms with Crippen molar-refractivity contribution in [3.63, 3.8) is 0 Å². The molecule has 0 radical (unpaired) electrons. The van der Waals surface area contributed by atoms with Gasteiger partial charge in [-0.05, 0) is 12.8 Å². The van der Waals surface area contributed by atoms with Crippen LogP contribution >= 0.6 is 0 Å². The molecule has 0 aromatic heterocycles. The van der Waals surface area contributed by atoms with Crippen LogP contribution in [0.4, 0.5) is 4.79 Å². The predicted molar refractivity (Wildman–Crippen MR) is 55.3 cm³/mol. The van der Waals surface area contributed by atoms with Crippen LogP contribution in [0.5, 0.6) is 0 Å². The summed E-state index contributed by atoms with van der Waals surface area (Å²) in [5, 5.41) is 8.95. The highest BCUT2D eigenvalue weighted by Crippen LogP contribution is 2.18. The van der Waals surface area contributed by atoms with Gasteiger partial charge in [0, 0.05) is 6.54 Å². The Hall–Kier alpha value is -1.79. The van der Waals surface area contributed by atoms with Crippen molar-refractivity contribution in [2.45, 2.75) is 18.9 Å². The van der Waals surface area contributed by atoms with Crippen LogP contribution in [0.3, 0.4) is 0 Å². The van der Waals surface area contributed by atoms with E-state index in [1.807, 2.05) is 0 Å². The van der Waals surface area contributed by atoms with Crippen LogP contribution in [-0.2, 0) is 14.3 Å². The number of likely N-dealkylation sites (tertiary alicyclic amines) is 1. The monoisotopic (exact) mass is 242 g/mol. The van der Waals surface area contributed by atoms with Crippen molar-refractivity contribution < 1.29 is 24.2 Å². The second kappa shape index (κ2) is 4.60. The molecule has 1 N–H and O–H groups in total. The highest BCUT2D eigenvalue weighted by Gasteiger charge is 2.35. The number of nitrogens with zero attached hydrogens (tertiary/aromatic N) is 2. The van der Waals surface area contributed by atoms with E-state index in [1.54, 1.807) is 0 Å². The molecule has 0 aromatic carbocycles. The van der Waals surface area contributed by atoms with Crippen molar-refractivity contribution in [1.29, 1.82) is 0 Å². The van der Waals surface area contributed by atoms with Gasteiger partial charge in [0.25, 0.3) is 0 Å². The number of carboxylic acid groups (broad SMARTS) is 1. The van der Waals surface area contributed by atoms with Gasteiger partial charge in [0.2, 0.25) is 5.91 Å². The molecule has 7 heteroatoms. The quantitative estimate of drug-likeness (QED) is 0.721. The number of cyclic esters (lactones) is 1. The Bertz CT molecular complexity index is 357. The number of carbonyl (C=O) groups is 3. The average Bonchev–Trinajstić information content (AvgIpc) is 2.87. The van der Waals surface area contributed by atoms with Crippen molar-refractivity contribution in [3.8, 4) is 0 Å². The van der Waals surface area contributed by atoms with Gasteiger partial charge in [-0.15, -0.1) is 0 Å². The molecule has 2 fully saturated rings. The van der Waals surface area contributed by atoms with E-state index >= 15 is 0 Å². The smallest absolute Gasteiger partial charge is 0.410 e. The third-order valence-electron chi connectivity index (χ3n) is 3.03. The van der Waals surface area contributed by atoms with Crippen molar-refractivity contribution in [1.82, 2.24) is 9.80 Å². The maximum atomic E-state index is 11.9. The second-order valence-electron chi connectivity index (χ2n) is 4.12. The normalized spacial score (nSPS) is 24.0. The highest BCUT2D eigenvalue weighted by atomic mass is 16.6. The summed E-state index contributed by atoms with van der Waals surface area (Å²) in [5.41, 5.74) is 0. The van der Waals surface area contributed by atoms with E-state index < -0.39 is 18.1 Å². The summed E-state index contributed by atoms with van der Waals surface area (Å²) >= 11 is 0. The SMILES string of the molecule is O=C(O)[C@@H]1CCCN1C(=O)CN1CCOC1=O. The fourth-order valence-electron chi connectivity index (χ4n) is 2.15. The molecular formula is C10H14N2O5. The Morgan fingerprint density at radius 3 is 2.76 bits per heavy atom. The third kappa shape index (κ3) is 2.32. The van der Waals surface area contributed by atoms with Crippen molar-refractivity contribution >= 4 is 18.0 Å². The molecule has 2 saturated heterocycles. The van der Waals surface area contributed by atoms with Gasteiger partial charge in [-0.1, -0.05) is 0 Å². The number of carboxylic acids is 1. The van der Waals surface area contributed by atoms with Crippen LogP contribution in [0.1, 0.15) is 12.8 Å². The van der Waals surface area contributed by atoms with E-state index in [-0.39, 0.29) is 19.1 Å². The van der Waals surface area contributed by atoms with Gasteiger partial charge in [-0.2, -0.15) is 0 Å². The number of rotatable bonds is 3. The topological polar surface area (TPSA) is 87.2 Å². The molecule has 0 saturated carbocycles. The van der Waals surface area contributed by atoms with Crippen molar-refractivity contribution in [2.24, 2.45) is 0 Å². The Labute approximate surface area is 97.9 Å². The summed E-state index contributed by atoms with van der Waals surface area (Å²) in [6.07, 6.45) is 0.656. The molecule has 1 atom stereocenters. The van der Waals surface area contributed by atoms with Crippen LogP contribution in [0, 0.1) is 0 Å². The molecular weight excluding hydrogens is 228 g/mol. The summed E-state index contributed by atoms with van der Waals surface area (Å²) in [5.74, 6) is -1.31. The average molecular weight is 242 g/mol. The first kappa shape index (κ1) is 11.7. The van der Waals surface area contributed by atoms with E-state index in [1.165, 1.54) is 9.80 Å². The Morgan fingerprint density at radius 1 is 1.41 bits per heavy atom. The lowest BCUT2D eigenvalue weighted by atomic mass is 10.2. The predicted octanol–water partition coefficient (Wildman–Crippen LogP) is -0.486. The largest absolute Gasteiger partial charge is 0.480 e. The molecule has 0 aromatic rings. The first-order valence-electron chi connectivity index (χ1n) is 5.53. The van der Waals surface area contributed by atoms with E-state index in [2.05, 4.69) is 0 Å². The maximum Gasteiger partial charge on any atom is 0.410 e. The summed E-state index contributed by atoms with van der Waals surface area (Å²) in [4.78, 5) is 36.6. The lowest BCUT2D eigenvalue weighted by Crippen LogP contribution is -2.45. The standard InChI is InChI=1S/C10H14N2O5/c13-8(6-11-4-5-17-10(11)16)12-3-1-2-7(12)9(14)15/h7H,1-6H2,(H,14,15)/t7-/m0/s1. The van der Waals surface area contributed by atoms with Gasteiger partial charge in [-0.25, -0.2) is 9.59 Å². The fourth-order valence-corrected chi connectivity index (χ4v) is 2.15. The molecule has 0 spiro atoms. The Balaban J connectivity index is 1.95. The summed E-state index contributed by atoms with van der Waals surface area (Å²) in [7, 11) is 0. The van der Waals surface area contributed by atoms with Crippen molar-refractivity contribution in [3.05, 3.63) is 0 Å². The number of ether oxygens (including phenoxy) is 1. The minimum atomic E-state index is -0.986. The zero-order chi connectivity index (χ0) is 12.4. The first-order valence-corrected chi connectivity index (χ1v) is 5.53. The summed E-state index contributed by atoms with van der Waals surface area (Å²) < 4.78 is 4.70. The molecule has 2 heterocycles. The molecule has 2 aliphatic heterocycles. The minimum Gasteiger partial charge on any atom is -0.480 e. The van der Waals surface area contributed by atoms with Crippen LogP contribution in [0.25, 0.3) is 0 Å². The lowest BCUT2D eigenvalue weighted by Gasteiger charge is -2.23. The lowest BCUT2D eigenvalue weighted by molar-refractivity contribution is -0.148. The number of hydrogen-bond acceptors (Lipinski definition) is 4. The number of hydrogen-bond donors (Lipinski definition) is 1. The molecule has 2 rings (SSSR count). The Kier molecular flexibility index (Phi) is 3.16. The molecule has 0 bridgehead atoms. The molecule has 0 aliphatic carbocycles. The van der Waals surface area contributed by atoms with Crippen LogP contribution in [0.2, 0.25) is 0 Å². The zero-order valence-corrected chi connectivity index (χ0v) is 9.29. The van der Waals surface area contributed by atoms with E-state index in [0.29, 0.717) is 25.9 Å². The van der Waals surface area contributed by atoms with Gasteiger partial charge in [0.15, 0.2) is 0 Å². The van der Waals surface area contributed by atoms with Gasteiger partial charge < -0.3 is 14.7 Å². The van der Waals surface area contributed by atoms with Gasteiger partial charge in [-0.3, -0.25) is 9.69 Å². The maximum absolute atomic E-state index is 11.9. The molecule has 17 heavy (non-hydrogen) atoms. The Morgan fingerprint density at radius 2 is 2.18 bits per heavy atom. The molecule has 0 unspecified atom stereocenters. The fraction of sp³-hybridized carbons (Fsp3) is 0.700. The minimum absolute atomic E-state index is 0.0946. The first-order chi connectivity index (χ1) is 8.09. The van der Waals surface area contributed by atoms with Gasteiger partial charge >= 0.3 is 12.1 Å². The molecule has 94 valence electrons. The number of amides is 2. The van der Waals surface area contributed by atoms with Crippen LogP contribution < -0.4 is 0 Å². The third-order valence-corrected chi connectivity index (χ3v) is 3.03.